The Hall–Kier alpha value is -1.60. The summed E-state index contributed by atoms with van der Waals surface area (Å²) in [6.07, 6.45) is 1.28. The maximum Gasteiger partial charge on any atom is 0.303 e. The maximum absolute atomic E-state index is 12.4. The Morgan fingerprint density at radius 1 is 1.32 bits per heavy atom. The summed E-state index contributed by atoms with van der Waals surface area (Å²) in [5.74, 6) is -0.647. The van der Waals surface area contributed by atoms with Gasteiger partial charge in [-0.15, -0.1) is 0 Å². The molecule has 2 unspecified atom stereocenters. The molecule has 0 bridgehead atoms. The van der Waals surface area contributed by atoms with Gasteiger partial charge in [-0.2, -0.15) is 0 Å². The van der Waals surface area contributed by atoms with Gasteiger partial charge in [0.25, 0.3) is 0 Å². The SMILES string of the molecule is CCCC(NS(=O)(=O)c1ccc(OC)cc1)C(C)CC(=O)O. The number of carboxylic acid groups (broad SMARTS) is 1. The van der Waals surface area contributed by atoms with Crippen LogP contribution in [0.2, 0.25) is 0 Å². The molecule has 2 N–H and O–H groups in total. The van der Waals surface area contributed by atoms with Crippen LogP contribution in [-0.2, 0) is 14.8 Å². The molecule has 0 aromatic heterocycles. The Labute approximate surface area is 131 Å². The second kappa shape index (κ2) is 8.14. The Balaban J connectivity index is 2.91. The zero-order valence-electron chi connectivity index (χ0n) is 13.1. The van der Waals surface area contributed by atoms with Crippen LogP contribution < -0.4 is 9.46 Å². The molecule has 0 spiro atoms. The van der Waals surface area contributed by atoms with Gasteiger partial charge in [-0.25, -0.2) is 13.1 Å². The molecular weight excluding hydrogens is 306 g/mol. The van der Waals surface area contributed by atoms with E-state index in [0.29, 0.717) is 12.2 Å². The minimum Gasteiger partial charge on any atom is -0.497 e. The molecule has 7 heteroatoms. The third-order valence-corrected chi connectivity index (χ3v) is 4.97. The topological polar surface area (TPSA) is 92.7 Å². The molecule has 1 aromatic carbocycles. The van der Waals surface area contributed by atoms with Crippen molar-refractivity contribution in [3.8, 4) is 5.75 Å². The van der Waals surface area contributed by atoms with Crippen LogP contribution in [0.15, 0.2) is 29.2 Å². The molecule has 124 valence electrons. The van der Waals surface area contributed by atoms with Crippen LogP contribution in [0, 0.1) is 5.92 Å². The molecule has 0 aliphatic rings. The number of hydrogen-bond acceptors (Lipinski definition) is 4. The zero-order chi connectivity index (χ0) is 16.8. The monoisotopic (exact) mass is 329 g/mol. The lowest BCUT2D eigenvalue weighted by atomic mass is 9.96. The van der Waals surface area contributed by atoms with Crippen LogP contribution in [0.25, 0.3) is 0 Å². The smallest absolute Gasteiger partial charge is 0.303 e. The first kappa shape index (κ1) is 18.4. The van der Waals surface area contributed by atoms with Crippen LogP contribution >= 0.6 is 0 Å². The quantitative estimate of drug-likeness (QED) is 0.725. The van der Waals surface area contributed by atoms with Crippen LogP contribution in [0.5, 0.6) is 5.75 Å². The van der Waals surface area contributed by atoms with Crippen molar-refractivity contribution in [3.05, 3.63) is 24.3 Å². The first-order valence-electron chi connectivity index (χ1n) is 7.18. The highest BCUT2D eigenvalue weighted by Gasteiger charge is 2.25. The van der Waals surface area contributed by atoms with Crippen molar-refractivity contribution in [2.75, 3.05) is 7.11 Å². The molecule has 22 heavy (non-hydrogen) atoms. The van der Waals surface area contributed by atoms with Gasteiger partial charge in [-0.05, 0) is 36.6 Å². The van der Waals surface area contributed by atoms with Gasteiger partial charge in [0.2, 0.25) is 10.0 Å². The molecule has 0 saturated carbocycles. The van der Waals surface area contributed by atoms with E-state index in [1.54, 1.807) is 19.1 Å². The summed E-state index contributed by atoms with van der Waals surface area (Å²) in [7, 11) is -2.18. The van der Waals surface area contributed by atoms with E-state index in [-0.39, 0.29) is 17.2 Å². The summed E-state index contributed by atoms with van der Waals surface area (Å²) in [5, 5.41) is 8.88. The molecule has 0 saturated heterocycles. The van der Waals surface area contributed by atoms with E-state index in [9.17, 15) is 13.2 Å². The number of aliphatic carboxylic acids is 1. The maximum atomic E-state index is 12.4. The van der Waals surface area contributed by atoms with E-state index in [4.69, 9.17) is 9.84 Å². The van der Waals surface area contributed by atoms with Crippen molar-refractivity contribution in [1.29, 1.82) is 0 Å². The van der Waals surface area contributed by atoms with Gasteiger partial charge in [0.15, 0.2) is 0 Å². The van der Waals surface area contributed by atoms with Gasteiger partial charge in [0, 0.05) is 12.5 Å². The highest BCUT2D eigenvalue weighted by molar-refractivity contribution is 7.89. The predicted octanol–water partition coefficient (Wildman–Crippen LogP) is 2.25. The highest BCUT2D eigenvalue weighted by atomic mass is 32.2. The van der Waals surface area contributed by atoms with Gasteiger partial charge in [0.05, 0.1) is 12.0 Å². The van der Waals surface area contributed by atoms with Crippen molar-refractivity contribution < 1.29 is 23.1 Å². The molecule has 1 aromatic rings. The van der Waals surface area contributed by atoms with E-state index in [1.165, 1.54) is 19.2 Å². The van der Waals surface area contributed by atoms with E-state index in [2.05, 4.69) is 4.72 Å². The first-order chi connectivity index (χ1) is 10.3. The minimum atomic E-state index is -3.69. The van der Waals surface area contributed by atoms with Crippen molar-refractivity contribution in [2.45, 2.75) is 44.0 Å². The molecule has 0 amide bonds. The summed E-state index contributed by atoms with van der Waals surface area (Å²) in [6, 6.07) is 5.67. The van der Waals surface area contributed by atoms with Gasteiger partial charge in [-0.1, -0.05) is 20.3 Å². The predicted molar refractivity (Wildman–Crippen MR) is 83.4 cm³/mol. The largest absolute Gasteiger partial charge is 0.497 e. The lowest BCUT2D eigenvalue weighted by Crippen LogP contribution is -2.40. The second-order valence-corrected chi connectivity index (χ2v) is 6.98. The molecule has 2 atom stereocenters. The fraction of sp³-hybridized carbons (Fsp3) is 0.533. The van der Waals surface area contributed by atoms with E-state index < -0.39 is 22.0 Å². The summed E-state index contributed by atoms with van der Waals surface area (Å²) in [5.41, 5.74) is 0. The van der Waals surface area contributed by atoms with Gasteiger partial charge in [-0.3, -0.25) is 4.79 Å². The van der Waals surface area contributed by atoms with Crippen LogP contribution in [0.1, 0.15) is 33.1 Å². The summed E-state index contributed by atoms with van der Waals surface area (Å²) >= 11 is 0. The number of rotatable bonds is 9. The third kappa shape index (κ3) is 5.31. The Morgan fingerprint density at radius 2 is 1.91 bits per heavy atom. The number of sulfonamides is 1. The number of benzene rings is 1. The van der Waals surface area contributed by atoms with Crippen molar-refractivity contribution >= 4 is 16.0 Å². The summed E-state index contributed by atoms with van der Waals surface area (Å²) in [4.78, 5) is 11.0. The number of carboxylic acids is 1. The number of hydrogen-bond donors (Lipinski definition) is 2. The van der Waals surface area contributed by atoms with Crippen LogP contribution in [0.4, 0.5) is 0 Å². The lowest BCUT2D eigenvalue weighted by molar-refractivity contribution is -0.138. The molecule has 0 fully saturated rings. The van der Waals surface area contributed by atoms with E-state index in [0.717, 1.165) is 6.42 Å². The fourth-order valence-electron chi connectivity index (χ4n) is 2.21. The molecular formula is C15H23NO5S. The molecule has 6 nitrogen and oxygen atoms in total. The Bertz CT molecular complexity index is 582. The van der Waals surface area contributed by atoms with Crippen LogP contribution in [-0.4, -0.2) is 32.6 Å². The normalized spacial score (nSPS) is 14.3. The Kier molecular flexibility index (Phi) is 6.83. The van der Waals surface area contributed by atoms with Crippen molar-refractivity contribution in [2.24, 2.45) is 5.92 Å². The number of ether oxygens (including phenoxy) is 1. The molecule has 1 rings (SSSR count). The average Bonchev–Trinajstić information content (AvgIpc) is 2.46. The van der Waals surface area contributed by atoms with E-state index in [1.807, 2.05) is 6.92 Å². The minimum absolute atomic E-state index is 0.0736. The van der Waals surface area contributed by atoms with Crippen molar-refractivity contribution in [1.82, 2.24) is 4.72 Å². The molecule has 0 aliphatic heterocycles. The standard InChI is InChI=1S/C15H23NO5S/c1-4-5-14(11(2)10-15(17)18)16-22(19,20)13-8-6-12(21-3)7-9-13/h6-9,11,14,16H,4-5,10H2,1-3H3,(H,17,18). The summed E-state index contributed by atoms with van der Waals surface area (Å²) < 4.78 is 32.4. The number of carbonyl (C=O) groups is 1. The fourth-order valence-corrected chi connectivity index (χ4v) is 3.59. The average molecular weight is 329 g/mol. The molecule has 0 aliphatic carbocycles. The number of methoxy groups -OCH3 is 1. The van der Waals surface area contributed by atoms with Gasteiger partial charge < -0.3 is 9.84 Å². The molecule has 0 heterocycles. The third-order valence-electron chi connectivity index (χ3n) is 3.46. The number of nitrogens with one attached hydrogen (secondary N) is 1. The highest BCUT2D eigenvalue weighted by Crippen LogP contribution is 2.19. The van der Waals surface area contributed by atoms with Gasteiger partial charge >= 0.3 is 5.97 Å². The van der Waals surface area contributed by atoms with E-state index >= 15 is 0 Å². The van der Waals surface area contributed by atoms with Crippen LogP contribution in [0.3, 0.4) is 0 Å². The lowest BCUT2D eigenvalue weighted by Gasteiger charge is -2.23. The second-order valence-electron chi connectivity index (χ2n) is 5.27. The summed E-state index contributed by atoms with van der Waals surface area (Å²) in [6.45, 7) is 3.67. The molecule has 0 radical (unpaired) electrons. The first-order valence-corrected chi connectivity index (χ1v) is 8.66. The van der Waals surface area contributed by atoms with Crippen molar-refractivity contribution in [3.63, 3.8) is 0 Å². The Morgan fingerprint density at radius 3 is 2.36 bits per heavy atom. The zero-order valence-corrected chi connectivity index (χ0v) is 13.9. The van der Waals surface area contributed by atoms with Gasteiger partial charge in [0.1, 0.15) is 5.75 Å².